The van der Waals surface area contributed by atoms with Crippen LogP contribution in [0.4, 0.5) is 0 Å². The summed E-state index contributed by atoms with van der Waals surface area (Å²) in [4.78, 5) is 39.7. The molecule has 2 saturated heterocycles. The highest BCUT2D eigenvalue weighted by Gasteiger charge is 2.42. The van der Waals surface area contributed by atoms with Crippen LogP contribution >= 0.6 is 0 Å². The number of esters is 1. The molecule has 0 aromatic heterocycles. The highest BCUT2D eigenvalue weighted by atomic mass is 16.5. The van der Waals surface area contributed by atoms with Crippen LogP contribution in [0.1, 0.15) is 58.3 Å². The first-order chi connectivity index (χ1) is 19.0. The number of nitrogens with zero attached hydrogens (tertiary/aromatic N) is 2. The summed E-state index contributed by atoms with van der Waals surface area (Å²) in [6, 6.07) is 0. The number of rotatable bonds is 16. The second-order valence-electron chi connectivity index (χ2n) is 9.87. The molecule has 2 fully saturated rings. The molecule has 6 heteroatoms. The minimum atomic E-state index is -0.536. The average Bonchev–Trinajstić information content (AvgIpc) is 3.52. The first-order valence-electron chi connectivity index (χ1n) is 14.3. The third kappa shape index (κ3) is 13.3. The molecule has 39 heavy (non-hydrogen) atoms. The van der Waals surface area contributed by atoms with E-state index in [9.17, 15) is 14.4 Å². The number of carbonyl (C=O) groups excluding carboxylic acids is 3. The predicted octanol–water partition coefficient (Wildman–Crippen LogP) is 6.11. The summed E-state index contributed by atoms with van der Waals surface area (Å²) in [6.45, 7) is 4.82. The zero-order valence-corrected chi connectivity index (χ0v) is 23.8. The fourth-order valence-corrected chi connectivity index (χ4v) is 4.69. The topological polar surface area (TPSA) is 66.9 Å². The van der Waals surface area contributed by atoms with Crippen molar-refractivity contribution in [3.63, 3.8) is 0 Å². The molecule has 0 aliphatic carbocycles. The van der Waals surface area contributed by atoms with Crippen molar-refractivity contribution in [2.75, 3.05) is 33.3 Å². The van der Waals surface area contributed by atoms with Gasteiger partial charge in [0.25, 0.3) is 0 Å². The minimum absolute atomic E-state index is 0.176. The Morgan fingerprint density at radius 2 is 1.08 bits per heavy atom. The maximum Gasteiger partial charge on any atom is 0.330 e. The Morgan fingerprint density at radius 3 is 1.54 bits per heavy atom. The van der Waals surface area contributed by atoms with Gasteiger partial charge in [0, 0.05) is 56.6 Å². The van der Waals surface area contributed by atoms with Crippen molar-refractivity contribution < 1.29 is 19.1 Å². The van der Waals surface area contributed by atoms with Gasteiger partial charge in [0.1, 0.15) is 0 Å². The maximum atomic E-state index is 12.6. The van der Waals surface area contributed by atoms with E-state index in [4.69, 9.17) is 0 Å². The number of amides is 2. The Kier molecular flexibility index (Phi) is 16.0. The maximum absolute atomic E-state index is 12.6. The summed E-state index contributed by atoms with van der Waals surface area (Å²) in [5.74, 6) is 0.106. The summed E-state index contributed by atoms with van der Waals surface area (Å²) in [5, 5.41) is 0. The van der Waals surface area contributed by atoms with Gasteiger partial charge in [-0.05, 0) is 44.9 Å². The molecular weight excluding hydrogens is 488 g/mol. The van der Waals surface area contributed by atoms with Crippen molar-refractivity contribution in [1.82, 2.24) is 9.80 Å². The lowest BCUT2D eigenvalue weighted by Crippen LogP contribution is -2.35. The van der Waals surface area contributed by atoms with E-state index in [0.29, 0.717) is 44.4 Å². The van der Waals surface area contributed by atoms with Crippen molar-refractivity contribution in [3.05, 3.63) is 85.1 Å². The van der Waals surface area contributed by atoms with Gasteiger partial charge < -0.3 is 14.5 Å². The van der Waals surface area contributed by atoms with Gasteiger partial charge in [-0.2, -0.15) is 0 Å². The van der Waals surface area contributed by atoms with Crippen LogP contribution in [0, 0.1) is 11.8 Å². The number of ether oxygens (including phenoxy) is 1. The fraction of sp³-hybridized carbons (Fsp3) is 0.485. The molecule has 2 atom stereocenters. The van der Waals surface area contributed by atoms with Gasteiger partial charge in [-0.1, -0.05) is 79.8 Å². The molecule has 0 saturated carbocycles. The van der Waals surface area contributed by atoms with Gasteiger partial charge in [0.15, 0.2) is 0 Å². The summed E-state index contributed by atoms with van der Waals surface area (Å²) in [5.41, 5.74) is 0. The molecule has 212 valence electrons. The SMILES string of the molecule is CC/C=C\C/C=C\C/C=C\C/C=C\C/C=C\C/C=C\CCC(=O)N1CC2CN(C(=O)C=CC(=O)OC)CC2C1. The third-order valence-electron chi connectivity index (χ3n) is 6.84. The first-order valence-corrected chi connectivity index (χ1v) is 14.3. The Morgan fingerprint density at radius 1 is 0.641 bits per heavy atom. The Bertz CT molecular complexity index is 956. The lowest BCUT2D eigenvalue weighted by molar-refractivity contribution is -0.135. The normalized spacial score (nSPS) is 19.9. The highest BCUT2D eigenvalue weighted by Crippen LogP contribution is 2.31. The molecule has 0 aromatic carbocycles. The third-order valence-corrected chi connectivity index (χ3v) is 6.84. The lowest BCUT2D eigenvalue weighted by atomic mass is 10.0. The molecule has 0 spiro atoms. The van der Waals surface area contributed by atoms with E-state index in [-0.39, 0.29) is 11.8 Å². The first kappa shape index (κ1) is 31.8. The van der Waals surface area contributed by atoms with Crippen LogP contribution in [0.3, 0.4) is 0 Å². The number of hydrogen-bond donors (Lipinski definition) is 0. The van der Waals surface area contributed by atoms with E-state index in [0.717, 1.165) is 51.0 Å². The molecular formula is C33H46N2O4. The van der Waals surface area contributed by atoms with Crippen LogP contribution in [-0.2, 0) is 19.1 Å². The van der Waals surface area contributed by atoms with Crippen molar-refractivity contribution >= 4 is 17.8 Å². The number of allylic oxidation sites excluding steroid dienone is 12. The van der Waals surface area contributed by atoms with Gasteiger partial charge in [0.05, 0.1) is 7.11 Å². The van der Waals surface area contributed by atoms with Crippen molar-refractivity contribution in [1.29, 1.82) is 0 Å². The molecule has 0 radical (unpaired) electrons. The average molecular weight is 535 g/mol. The van der Waals surface area contributed by atoms with Crippen LogP contribution in [0.25, 0.3) is 0 Å². The van der Waals surface area contributed by atoms with Crippen molar-refractivity contribution in [2.45, 2.75) is 58.3 Å². The van der Waals surface area contributed by atoms with Crippen LogP contribution in [-0.4, -0.2) is 60.9 Å². The van der Waals surface area contributed by atoms with Gasteiger partial charge in [-0.15, -0.1) is 0 Å². The Balaban J connectivity index is 1.50. The second kappa shape index (κ2) is 19.6. The number of methoxy groups -OCH3 is 1. The number of hydrogen-bond acceptors (Lipinski definition) is 4. The number of carbonyl (C=O) groups is 3. The molecule has 0 aromatic rings. The zero-order chi connectivity index (χ0) is 28.1. The largest absolute Gasteiger partial charge is 0.466 e. The molecule has 6 nitrogen and oxygen atoms in total. The molecule has 2 amide bonds. The summed E-state index contributed by atoms with van der Waals surface area (Å²) in [6.07, 6.45) is 35.7. The van der Waals surface area contributed by atoms with E-state index >= 15 is 0 Å². The summed E-state index contributed by atoms with van der Waals surface area (Å²) < 4.78 is 4.52. The molecule has 2 rings (SSSR count). The zero-order valence-electron chi connectivity index (χ0n) is 23.8. The minimum Gasteiger partial charge on any atom is -0.466 e. The van der Waals surface area contributed by atoms with E-state index in [1.54, 1.807) is 4.90 Å². The van der Waals surface area contributed by atoms with E-state index in [2.05, 4.69) is 84.6 Å². The van der Waals surface area contributed by atoms with Gasteiger partial charge in [0.2, 0.25) is 11.8 Å². The van der Waals surface area contributed by atoms with Crippen molar-refractivity contribution in [2.24, 2.45) is 11.8 Å². The Hall–Kier alpha value is -3.41. The molecule has 2 aliphatic rings. The molecule has 2 unspecified atom stereocenters. The second-order valence-corrected chi connectivity index (χ2v) is 9.87. The van der Waals surface area contributed by atoms with Crippen LogP contribution in [0.2, 0.25) is 0 Å². The van der Waals surface area contributed by atoms with Crippen LogP contribution < -0.4 is 0 Å². The van der Waals surface area contributed by atoms with Crippen molar-refractivity contribution in [3.8, 4) is 0 Å². The monoisotopic (exact) mass is 534 g/mol. The predicted molar refractivity (Wildman–Crippen MR) is 159 cm³/mol. The van der Waals surface area contributed by atoms with E-state index in [1.807, 2.05) is 4.90 Å². The molecule has 2 aliphatic heterocycles. The summed E-state index contributed by atoms with van der Waals surface area (Å²) >= 11 is 0. The molecule has 2 heterocycles. The molecule has 0 N–H and O–H groups in total. The Labute approximate surface area is 235 Å². The van der Waals surface area contributed by atoms with Gasteiger partial charge in [-0.25, -0.2) is 4.79 Å². The number of fused-ring (bicyclic) bond motifs is 1. The van der Waals surface area contributed by atoms with E-state index < -0.39 is 5.97 Å². The molecule has 0 bridgehead atoms. The van der Waals surface area contributed by atoms with Crippen LogP contribution in [0.5, 0.6) is 0 Å². The fourth-order valence-electron chi connectivity index (χ4n) is 4.69. The summed E-state index contributed by atoms with van der Waals surface area (Å²) in [7, 11) is 1.28. The highest BCUT2D eigenvalue weighted by molar-refractivity contribution is 5.94. The van der Waals surface area contributed by atoms with Gasteiger partial charge >= 0.3 is 5.97 Å². The van der Waals surface area contributed by atoms with Crippen LogP contribution in [0.15, 0.2) is 85.1 Å². The quantitative estimate of drug-likeness (QED) is 0.136. The van der Waals surface area contributed by atoms with E-state index in [1.165, 1.54) is 13.2 Å². The standard InChI is InChI=1S/C33H46N2O4/c1-3-4-5-6-7-8-9-10-11-12-13-14-15-16-17-18-19-20-21-22-31(36)34-25-29-27-35(28-30(29)26-34)32(37)23-24-33(38)39-2/h4-5,7-8,10-11,13-14,16-17,19-20,23-24,29-30H,3,6,9,12,15,18,21-22,25-28H2,1-2H3/b5-4-,8-7-,11-10-,14-13-,17-16-,20-19-,24-23?. The number of likely N-dealkylation sites (tertiary alicyclic amines) is 2. The van der Waals surface area contributed by atoms with Gasteiger partial charge in [-0.3, -0.25) is 9.59 Å². The smallest absolute Gasteiger partial charge is 0.330 e. The lowest BCUT2D eigenvalue weighted by Gasteiger charge is -2.21.